The zero-order valence-electron chi connectivity index (χ0n) is 14.7. The molecule has 3 aliphatic rings. The summed E-state index contributed by atoms with van der Waals surface area (Å²) in [6.07, 6.45) is 13.2. The van der Waals surface area contributed by atoms with E-state index in [0.717, 1.165) is 18.9 Å². The summed E-state index contributed by atoms with van der Waals surface area (Å²) in [5, 5.41) is 4.54. The van der Waals surface area contributed by atoms with Crippen LogP contribution in [0.15, 0.2) is 24.8 Å². The Hall–Kier alpha value is -1.95. The summed E-state index contributed by atoms with van der Waals surface area (Å²) >= 11 is 0. The van der Waals surface area contributed by atoms with Gasteiger partial charge in [0.25, 0.3) is 0 Å². The fraction of sp³-hybridized carbons (Fsp3) is 0.632. The quantitative estimate of drug-likeness (QED) is 0.837. The molecule has 25 heavy (non-hydrogen) atoms. The molecule has 132 valence electrons. The highest BCUT2D eigenvalue weighted by molar-refractivity contribution is 5.41. The third-order valence-corrected chi connectivity index (χ3v) is 5.93. The van der Waals surface area contributed by atoms with Gasteiger partial charge in [-0.2, -0.15) is 5.10 Å². The first-order chi connectivity index (χ1) is 12.4. The fourth-order valence-corrected chi connectivity index (χ4v) is 4.52. The molecule has 0 unspecified atom stereocenters. The van der Waals surface area contributed by atoms with Crippen molar-refractivity contribution in [2.45, 2.75) is 63.7 Å². The van der Waals surface area contributed by atoms with E-state index in [9.17, 15) is 0 Å². The van der Waals surface area contributed by atoms with Crippen molar-refractivity contribution >= 4 is 5.82 Å². The van der Waals surface area contributed by atoms with Crippen molar-refractivity contribution in [2.75, 3.05) is 18.0 Å². The second-order valence-corrected chi connectivity index (χ2v) is 7.66. The van der Waals surface area contributed by atoms with Crippen molar-refractivity contribution < 1.29 is 0 Å². The van der Waals surface area contributed by atoms with Crippen molar-refractivity contribution in [3.63, 3.8) is 0 Å². The fourth-order valence-electron chi connectivity index (χ4n) is 4.52. The Morgan fingerprint density at radius 1 is 1.08 bits per heavy atom. The number of aryl methyl sites for hydroxylation is 1. The predicted molar refractivity (Wildman–Crippen MR) is 96.4 cm³/mol. The van der Waals surface area contributed by atoms with Gasteiger partial charge < -0.3 is 4.90 Å². The molecule has 2 aliphatic heterocycles. The van der Waals surface area contributed by atoms with Gasteiger partial charge in [0.15, 0.2) is 0 Å². The van der Waals surface area contributed by atoms with E-state index in [1.165, 1.54) is 62.9 Å². The highest BCUT2D eigenvalue weighted by Crippen LogP contribution is 2.35. The first-order valence-corrected chi connectivity index (χ1v) is 9.69. The van der Waals surface area contributed by atoms with Gasteiger partial charge in [-0.15, -0.1) is 0 Å². The smallest absolute Gasteiger partial charge is 0.132 e. The van der Waals surface area contributed by atoms with E-state index in [2.05, 4.69) is 41.8 Å². The molecule has 5 rings (SSSR count). The zero-order chi connectivity index (χ0) is 16.6. The van der Waals surface area contributed by atoms with Crippen LogP contribution in [0.5, 0.6) is 0 Å². The molecule has 2 aromatic heterocycles. The summed E-state index contributed by atoms with van der Waals surface area (Å²) in [6.45, 7) is 4.51. The van der Waals surface area contributed by atoms with Crippen LogP contribution in [-0.2, 0) is 19.5 Å². The monoisotopic (exact) mass is 338 g/mol. The topological polar surface area (TPSA) is 50.1 Å². The van der Waals surface area contributed by atoms with Gasteiger partial charge in [-0.3, -0.25) is 9.58 Å². The largest absolute Gasteiger partial charge is 0.350 e. The molecule has 2 fully saturated rings. The van der Waals surface area contributed by atoms with E-state index in [1.807, 2.05) is 6.20 Å². The summed E-state index contributed by atoms with van der Waals surface area (Å²) in [4.78, 5) is 13.8. The number of fused-ring (bicyclic) bond motifs is 1. The summed E-state index contributed by atoms with van der Waals surface area (Å²) in [5.74, 6) is 1.12. The second kappa shape index (κ2) is 6.41. The predicted octanol–water partition coefficient (Wildman–Crippen LogP) is 2.25. The molecule has 0 atom stereocenters. The Morgan fingerprint density at radius 3 is 2.68 bits per heavy atom. The van der Waals surface area contributed by atoms with E-state index >= 15 is 0 Å². The minimum Gasteiger partial charge on any atom is -0.350 e. The molecule has 6 heteroatoms. The van der Waals surface area contributed by atoms with Crippen LogP contribution in [0.25, 0.3) is 0 Å². The molecule has 0 bridgehead atoms. The number of rotatable bonds is 5. The molecule has 0 aromatic carbocycles. The highest BCUT2D eigenvalue weighted by Gasteiger charge is 2.36. The van der Waals surface area contributed by atoms with E-state index in [1.54, 1.807) is 6.33 Å². The number of likely N-dealkylation sites (tertiary alicyclic amines) is 1. The third kappa shape index (κ3) is 3.03. The van der Waals surface area contributed by atoms with Crippen molar-refractivity contribution in [1.29, 1.82) is 0 Å². The van der Waals surface area contributed by atoms with Gasteiger partial charge in [-0.05, 0) is 44.6 Å². The Bertz CT molecular complexity index is 715. The number of piperidine rings is 1. The number of hydrogen-bond donors (Lipinski definition) is 0. The van der Waals surface area contributed by atoms with Crippen molar-refractivity contribution in [2.24, 2.45) is 0 Å². The van der Waals surface area contributed by atoms with Gasteiger partial charge in [0.1, 0.15) is 12.1 Å². The van der Waals surface area contributed by atoms with E-state index in [0.29, 0.717) is 12.1 Å². The lowest BCUT2D eigenvalue weighted by molar-refractivity contribution is 0.200. The number of hydrogen-bond acceptors (Lipinski definition) is 5. The van der Waals surface area contributed by atoms with Gasteiger partial charge in [0, 0.05) is 55.7 Å². The van der Waals surface area contributed by atoms with Crippen LogP contribution < -0.4 is 4.90 Å². The molecule has 0 spiro atoms. The molecule has 4 heterocycles. The first-order valence-electron chi connectivity index (χ1n) is 9.69. The van der Waals surface area contributed by atoms with Crippen LogP contribution in [0.1, 0.15) is 43.4 Å². The zero-order valence-corrected chi connectivity index (χ0v) is 14.7. The lowest BCUT2D eigenvalue weighted by atomic mass is 10.0. The molecule has 0 amide bonds. The molecular formula is C19H26N6. The maximum Gasteiger partial charge on any atom is 0.132 e. The summed E-state index contributed by atoms with van der Waals surface area (Å²) in [5.41, 5.74) is 2.92. The Kier molecular flexibility index (Phi) is 3.93. The summed E-state index contributed by atoms with van der Waals surface area (Å²) < 4.78 is 2.20. The van der Waals surface area contributed by atoms with Crippen molar-refractivity contribution in [1.82, 2.24) is 24.6 Å². The lowest BCUT2D eigenvalue weighted by Gasteiger charge is -2.39. The van der Waals surface area contributed by atoms with Gasteiger partial charge in [0.05, 0.1) is 6.20 Å². The molecule has 1 saturated heterocycles. The molecule has 0 N–H and O–H groups in total. The second-order valence-electron chi connectivity index (χ2n) is 7.66. The van der Waals surface area contributed by atoms with E-state index < -0.39 is 0 Å². The molecule has 1 aliphatic carbocycles. The molecule has 0 radical (unpaired) electrons. The Balaban J connectivity index is 1.23. The lowest BCUT2D eigenvalue weighted by Crippen LogP contribution is -2.46. The van der Waals surface area contributed by atoms with Gasteiger partial charge in [-0.1, -0.05) is 0 Å². The molecule has 1 saturated carbocycles. The number of nitrogens with zero attached hydrogens (tertiary/aromatic N) is 6. The third-order valence-electron chi connectivity index (χ3n) is 5.93. The van der Waals surface area contributed by atoms with Crippen molar-refractivity contribution in [3.8, 4) is 0 Å². The Morgan fingerprint density at radius 2 is 1.92 bits per heavy atom. The average molecular weight is 338 g/mol. The van der Waals surface area contributed by atoms with E-state index in [-0.39, 0.29) is 0 Å². The minimum absolute atomic E-state index is 0.622. The average Bonchev–Trinajstić information content (AvgIpc) is 3.24. The van der Waals surface area contributed by atoms with Crippen LogP contribution >= 0.6 is 0 Å². The minimum atomic E-state index is 0.622. The normalized spacial score (nSPS) is 21.4. The molecular weight excluding hydrogens is 312 g/mol. The van der Waals surface area contributed by atoms with Crippen LogP contribution in [0, 0.1) is 0 Å². The van der Waals surface area contributed by atoms with Gasteiger partial charge >= 0.3 is 0 Å². The van der Waals surface area contributed by atoms with Crippen LogP contribution in [0.4, 0.5) is 5.82 Å². The number of anilines is 1. The highest BCUT2D eigenvalue weighted by atomic mass is 15.3. The summed E-state index contributed by atoms with van der Waals surface area (Å²) in [6, 6.07) is 3.39. The SMILES string of the molecule is c1cc(N(C2CC2)C2CCN(Cc3cnn4c3CCC4)CC2)ncn1. The van der Waals surface area contributed by atoms with E-state index in [4.69, 9.17) is 0 Å². The standard InChI is InChI=1S/C19H26N6/c1-2-18-15(12-22-24(18)9-1)13-23-10-6-17(7-11-23)25(16-3-4-16)19-5-8-20-14-21-19/h5,8,12,14,16-17H,1-4,6-7,9-11,13H2. The van der Waals surface area contributed by atoms with Gasteiger partial charge in [0.2, 0.25) is 0 Å². The number of aromatic nitrogens is 4. The Labute approximate surface area is 148 Å². The summed E-state index contributed by atoms with van der Waals surface area (Å²) in [7, 11) is 0. The maximum absolute atomic E-state index is 4.54. The van der Waals surface area contributed by atoms with Crippen LogP contribution in [-0.4, -0.2) is 49.8 Å². The maximum atomic E-state index is 4.54. The first kappa shape index (κ1) is 15.3. The molecule has 6 nitrogen and oxygen atoms in total. The molecule has 2 aromatic rings. The van der Waals surface area contributed by atoms with Crippen LogP contribution in [0.3, 0.4) is 0 Å². The van der Waals surface area contributed by atoms with Gasteiger partial charge in [-0.25, -0.2) is 9.97 Å². The van der Waals surface area contributed by atoms with Crippen LogP contribution in [0.2, 0.25) is 0 Å². The van der Waals surface area contributed by atoms with Crippen molar-refractivity contribution in [3.05, 3.63) is 36.0 Å².